The largest absolute Gasteiger partial charge is 0.429 e. The summed E-state index contributed by atoms with van der Waals surface area (Å²) in [7, 11) is 0. The topological polar surface area (TPSA) is 35.5 Å². The lowest BCUT2D eigenvalue weighted by Crippen LogP contribution is -2.40. The Labute approximate surface area is 211 Å². The fourth-order valence-electron chi connectivity index (χ4n) is 7.16. The van der Waals surface area contributed by atoms with Gasteiger partial charge in [0.15, 0.2) is 17.4 Å². The Morgan fingerprint density at radius 2 is 1.67 bits per heavy atom. The van der Waals surface area contributed by atoms with Gasteiger partial charge in [-0.2, -0.15) is 8.78 Å². The average Bonchev–Trinajstić information content (AvgIpc) is 2.86. The minimum absolute atomic E-state index is 0.232. The molecule has 200 valence electrons. The first kappa shape index (κ1) is 27.0. The molecule has 4 atom stereocenters. The van der Waals surface area contributed by atoms with Gasteiger partial charge in [-0.05, 0) is 87.9 Å². The van der Waals surface area contributed by atoms with Gasteiger partial charge >= 0.3 is 12.6 Å². The highest BCUT2D eigenvalue weighted by Crippen LogP contribution is 2.50. The van der Waals surface area contributed by atoms with Gasteiger partial charge in [-0.3, -0.25) is 4.79 Å². The van der Waals surface area contributed by atoms with Crippen LogP contribution in [0.5, 0.6) is 11.5 Å². The fourth-order valence-corrected chi connectivity index (χ4v) is 7.16. The Bertz CT molecular complexity index is 887. The van der Waals surface area contributed by atoms with Gasteiger partial charge in [-0.15, -0.1) is 0 Å². The minimum Gasteiger partial charge on any atom is -0.429 e. The highest BCUT2D eigenvalue weighted by atomic mass is 19.3. The summed E-state index contributed by atoms with van der Waals surface area (Å²) in [6.07, 6.45) is 18.2. The normalized spacial score (nSPS) is 30.8. The summed E-state index contributed by atoms with van der Waals surface area (Å²) in [6.45, 7) is -1.27. The number of ether oxygens (including phenoxy) is 2. The summed E-state index contributed by atoms with van der Waals surface area (Å²) in [4.78, 5) is 13.0. The molecular formula is C29H38F4O3. The van der Waals surface area contributed by atoms with E-state index in [0.29, 0.717) is 12.3 Å². The van der Waals surface area contributed by atoms with Gasteiger partial charge < -0.3 is 9.47 Å². The van der Waals surface area contributed by atoms with Gasteiger partial charge in [0.05, 0.1) is 5.92 Å². The standard InChI is InChI=1S/C29H38F4O3/c1-2-3-4-6-18-9-11-19(12-10-18)20-13-14-23-21(15-20)7-5-8-24(23)28(34)35-22-16-25(30)27(26(31)17-22)36-29(32)33/h2-3,16-21,23-24,29H,4-15H2,1H3/b3-2+. The molecule has 4 rings (SSSR count). The monoisotopic (exact) mass is 510 g/mol. The third-order valence-corrected chi connectivity index (χ3v) is 8.92. The van der Waals surface area contributed by atoms with Gasteiger partial charge in [0.1, 0.15) is 5.75 Å². The van der Waals surface area contributed by atoms with E-state index in [1.165, 1.54) is 38.5 Å². The van der Waals surface area contributed by atoms with Crippen LogP contribution in [0, 0.1) is 47.1 Å². The number of carbonyl (C=O) groups excluding carboxylic acids is 1. The van der Waals surface area contributed by atoms with Crippen molar-refractivity contribution in [3.8, 4) is 11.5 Å². The van der Waals surface area contributed by atoms with Crippen molar-refractivity contribution < 1.29 is 31.8 Å². The second-order valence-corrected chi connectivity index (χ2v) is 11.0. The van der Waals surface area contributed by atoms with Gasteiger partial charge in [-0.25, -0.2) is 8.78 Å². The number of benzene rings is 1. The lowest BCUT2D eigenvalue weighted by Gasteiger charge is -2.46. The number of rotatable bonds is 8. The first-order valence-corrected chi connectivity index (χ1v) is 13.6. The molecule has 4 unspecified atom stereocenters. The number of allylic oxidation sites excluding steroid dienone is 2. The van der Waals surface area contributed by atoms with Crippen LogP contribution < -0.4 is 9.47 Å². The summed E-state index contributed by atoms with van der Waals surface area (Å²) >= 11 is 0. The molecular weight excluding hydrogens is 472 g/mol. The zero-order valence-electron chi connectivity index (χ0n) is 21.1. The number of alkyl halides is 2. The van der Waals surface area contributed by atoms with Crippen molar-refractivity contribution in [2.24, 2.45) is 35.5 Å². The smallest absolute Gasteiger partial charge is 0.387 e. The van der Waals surface area contributed by atoms with E-state index in [4.69, 9.17) is 4.74 Å². The molecule has 0 amide bonds. The highest BCUT2D eigenvalue weighted by Gasteiger charge is 2.43. The van der Waals surface area contributed by atoms with Crippen LogP contribution in [0.25, 0.3) is 0 Å². The Morgan fingerprint density at radius 3 is 2.33 bits per heavy atom. The van der Waals surface area contributed by atoms with Crippen LogP contribution in [0.4, 0.5) is 17.6 Å². The molecule has 0 spiro atoms. The molecule has 1 aromatic rings. The lowest BCUT2D eigenvalue weighted by atomic mass is 9.59. The fraction of sp³-hybridized carbons (Fsp3) is 0.690. The Balaban J connectivity index is 1.31. The van der Waals surface area contributed by atoms with Crippen LogP contribution in [0.15, 0.2) is 24.3 Å². The molecule has 0 aliphatic heterocycles. The van der Waals surface area contributed by atoms with Gasteiger partial charge in [0.2, 0.25) is 0 Å². The Hall–Kier alpha value is -2.05. The van der Waals surface area contributed by atoms with E-state index in [9.17, 15) is 22.4 Å². The molecule has 36 heavy (non-hydrogen) atoms. The maximum atomic E-state index is 14.1. The molecule has 0 heterocycles. The Morgan fingerprint density at radius 1 is 0.972 bits per heavy atom. The van der Waals surface area contributed by atoms with E-state index in [-0.39, 0.29) is 17.6 Å². The third kappa shape index (κ3) is 6.63. The molecule has 0 bridgehead atoms. The summed E-state index contributed by atoms with van der Waals surface area (Å²) in [6, 6.07) is 1.45. The number of hydrogen-bond acceptors (Lipinski definition) is 3. The molecule has 0 radical (unpaired) electrons. The molecule has 1 aromatic carbocycles. The first-order chi connectivity index (χ1) is 17.4. The van der Waals surface area contributed by atoms with Crippen LogP contribution in [-0.4, -0.2) is 12.6 Å². The van der Waals surface area contributed by atoms with E-state index in [1.54, 1.807) is 0 Å². The van der Waals surface area contributed by atoms with Crippen molar-refractivity contribution in [2.75, 3.05) is 0 Å². The van der Waals surface area contributed by atoms with E-state index in [0.717, 1.165) is 62.0 Å². The zero-order chi connectivity index (χ0) is 25.7. The van der Waals surface area contributed by atoms with Crippen molar-refractivity contribution in [1.82, 2.24) is 0 Å². The molecule has 0 N–H and O–H groups in total. The van der Waals surface area contributed by atoms with Crippen molar-refractivity contribution in [3.63, 3.8) is 0 Å². The predicted molar refractivity (Wildman–Crippen MR) is 130 cm³/mol. The summed E-state index contributed by atoms with van der Waals surface area (Å²) in [5.74, 6) is -1.83. The lowest BCUT2D eigenvalue weighted by molar-refractivity contribution is -0.144. The number of halogens is 4. The summed E-state index contributed by atoms with van der Waals surface area (Å²) in [5.41, 5.74) is 0. The zero-order valence-corrected chi connectivity index (χ0v) is 21.1. The van der Waals surface area contributed by atoms with Crippen molar-refractivity contribution in [3.05, 3.63) is 35.9 Å². The summed E-state index contributed by atoms with van der Waals surface area (Å²) in [5, 5.41) is 0. The van der Waals surface area contributed by atoms with Crippen molar-refractivity contribution >= 4 is 5.97 Å². The van der Waals surface area contributed by atoms with Crippen molar-refractivity contribution in [2.45, 2.75) is 90.6 Å². The predicted octanol–water partition coefficient (Wildman–Crippen LogP) is 8.47. The quantitative estimate of drug-likeness (QED) is 0.152. The van der Waals surface area contributed by atoms with E-state index < -0.39 is 30.0 Å². The summed E-state index contributed by atoms with van der Waals surface area (Å²) < 4.78 is 62.1. The number of carbonyl (C=O) groups is 1. The van der Waals surface area contributed by atoms with Gasteiger partial charge in [-0.1, -0.05) is 37.8 Å². The molecule has 0 aromatic heterocycles. The molecule has 3 aliphatic rings. The Kier molecular flexibility index (Phi) is 9.35. The van der Waals surface area contributed by atoms with Crippen molar-refractivity contribution in [1.29, 1.82) is 0 Å². The minimum atomic E-state index is -3.35. The van der Waals surface area contributed by atoms with Crippen LogP contribution >= 0.6 is 0 Å². The van der Waals surface area contributed by atoms with Crippen LogP contribution in [-0.2, 0) is 4.79 Å². The molecule has 3 aliphatic carbocycles. The van der Waals surface area contributed by atoms with E-state index in [1.807, 2.05) is 0 Å². The van der Waals surface area contributed by atoms with E-state index >= 15 is 0 Å². The molecule has 3 saturated carbocycles. The van der Waals surface area contributed by atoms with Gasteiger partial charge in [0.25, 0.3) is 0 Å². The number of hydrogen-bond donors (Lipinski definition) is 0. The molecule has 3 nitrogen and oxygen atoms in total. The maximum Gasteiger partial charge on any atom is 0.387 e. The molecule has 7 heteroatoms. The average molecular weight is 511 g/mol. The van der Waals surface area contributed by atoms with E-state index in [2.05, 4.69) is 23.8 Å². The van der Waals surface area contributed by atoms with Crippen LogP contribution in [0.2, 0.25) is 0 Å². The number of fused-ring (bicyclic) bond motifs is 1. The SMILES string of the molecule is C/C=C/CCC1CCC(C2CCC3C(CCCC3C(=O)Oc3cc(F)c(OC(F)F)c(F)c3)C2)CC1. The highest BCUT2D eigenvalue weighted by molar-refractivity contribution is 5.75. The number of esters is 1. The second kappa shape index (κ2) is 12.5. The first-order valence-electron chi connectivity index (χ1n) is 13.6. The van der Waals surface area contributed by atoms with Crippen LogP contribution in [0.3, 0.4) is 0 Å². The molecule has 0 saturated heterocycles. The molecule has 3 fully saturated rings. The second-order valence-electron chi connectivity index (χ2n) is 11.0. The van der Waals surface area contributed by atoms with Gasteiger partial charge in [0, 0.05) is 12.1 Å². The maximum absolute atomic E-state index is 14.1. The van der Waals surface area contributed by atoms with Crippen LogP contribution in [0.1, 0.15) is 84.0 Å². The third-order valence-electron chi connectivity index (χ3n) is 8.92.